The number of rotatable bonds is 2. The summed E-state index contributed by atoms with van der Waals surface area (Å²) in [5, 5.41) is 2.04. The lowest BCUT2D eigenvalue weighted by Gasteiger charge is -2.19. The van der Waals surface area contributed by atoms with E-state index in [0.29, 0.717) is 6.54 Å². The maximum atomic E-state index is 12.6. The van der Waals surface area contributed by atoms with Crippen LogP contribution in [0.25, 0.3) is 0 Å². The summed E-state index contributed by atoms with van der Waals surface area (Å²) in [5.41, 5.74) is 1.70. The van der Waals surface area contributed by atoms with E-state index in [-0.39, 0.29) is 5.91 Å². The van der Waals surface area contributed by atoms with Gasteiger partial charge in [0.05, 0.1) is 12.0 Å². The molecule has 0 fully saturated rings. The quantitative estimate of drug-likeness (QED) is 0.799. The van der Waals surface area contributed by atoms with Gasteiger partial charge in [0, 0.05) is 15.0 Å². The maximum absolute atomic E-state index is 12.6. The first kappa shape index (κ1) is 12.9. The van der Waals surface area contributed by atoms with Gasteiger partial charge < -0.3 is 4.90 Å². The van der Waals surface area contributed by atoms with Gasteiger partial charge in [0.15, 0.2) is 0 Å². The van der Waals surface area contributed by atoms with Crippen LogP contribution in [0.15, 0.2) is 40.2 Å². The number of fused-ring (bicyclic) bond motifs is 1. The number of amides is 1. The molecule has 2 nitrogen and oxygen atoms in total. The number of nitrogens with zero attached hydrogens (tertiary/aromatic N) is 1. The Morgan fingerprint density at radius 2 is 2.11 bits per heavy atom. The first-order valence-corrected chi connectivity index (χ1v) is 7.82. The Labute approximate surface area is 125 Å². The molecule has 0 N–H and O–H groups in total. The lowest BCUT2D eigenvalue weighted by molar-refractivity contribution is -0.122. The molecule has 3 rings (SSSR count). The fourth-order valence-electron chi connectivity index (χ4n) is 2.53. The number of hydrogen-bond donors (Lipinski definition) is 0. The topological polar surface area (TPSA) is 20.3 Å². The van der Waals surface area contributed by atoms with Gasteiger partial charge in [0.1, 0.15) is 0 Å². The second-order valence-electron chi connectivity index (χ2n) is 5.26. The monoisotopic (exact) mass is 335 g/mol. The van der Waals surface area contributed by atoms with Crippen LogP contribution >= 0.6 is 27.3 Å². The van der Waals surface area contributed by atoms with Gasteiger partial charge >= 0.3 is 0 Å². The number of benzene rings is 1. The minimum Gasteiger partial charge on any atom is -0.306 e. The highest BCUT2D eigenvalue weighted by Gasteiger charge is 2.43. The highest BCUT2D eigenvalue weighted by atomic mass is 79.9. The van der Waals surface area contributed by atoms with E-state index < -0.39 is 5.41 Å². The van der Waals surface area contributed by atoms with Crippen LogP contribution in [0.2, 0.25) is 0 Å². The number of carbonyl (C=O) groups is 1. The van der Waals surface area contributed by atoms with Crippen molar-refractivity contribution in [1.82, 2.24) is 0 Å². The molecular weight excluding hydrogens is 322 g/mol. The zero-order valence-corrected chi connectivity index (χ0v) is 13.2. The zero-order chi connectivity index (χ0) is 13.6. The minimum atomic E-state index is -0.437. The van der Waals surface area contributed by atoms with Crippen molar-refractivity contribution < 1.29 is 4.79 Å². The standard InChI is InChI=1S/C15H14BrNOS/c1-15(2)12-6-5-10(16)8-13(12)17(14(15)18)9-11-4-3-7-19-11/h3-8H,9H2,1-2H3. The molecule has 0 unspecified atom stereocenters. The van der Waals surface area contributed by atoms with E-state index in [9.17, 15) is 4.79 Å². The SMILES string of the molecule is CC1(C)C(=O)N(Cc2cccs2)c2cc(Br)ccc21. The van der Waals surface area contributed by atoms with Gasteiger partial charge in [-0.3, -0.25) is 4.79 Å². The van der Waals surface area contributed by atoms with Gasteiger partial charge in [0.2, 0.25) is 5.91 Å². The minimum absolute atomic E-state index is 0.175. The maximum Gasteiger partial charge on any atom is 0.237 e. The number of thiophene rings is 1. The predicted molar refractivity (Wildman–Crippen MR) is 82.7 cm³/mol. The third-order valence-corrected chi connectivity index (χ3v) is 4.95. The summed E-state index contributed by atoms with van der Waals surface area (Å²) in [4.78, 5) is 15.7. The number of hydrogen-bond acceptors (Lipinski definition) is 2. The van der Waals surface area contributed by atoms with Crippen LogP contribution in [-0.2, 0) is 16.8 Å². The summed E-state index contributed by atoms with van der Waals surface area (Å²) in [6.45, 7) is 4.65. The van der Waals surface area contributed by atoms with E-state index in [4.69, 9.17) is 0 Å². The fraction of sp³-hybridized carbons (Fsp3) is 0.267. The first-order valence-electron chi connectivity index (χ1n) is 6.14. The summed E-state index contributed by atoms with van der Waals surface area (Å²) in [5.74, 6) is 0.175. The molecular formula is C15H14BrNOS. The molecule has 19 heavy (non-hydrogen) atoms. The Bertz CT molecular complexity index is 634. The van der Waals surface area contributed by atoms with Crippen LogP contribution in [0.4, 0.5) is 5.69 Å². The summed E-state index contributed by atoms with van der Waals surface area (Å²) in [6, 6.07) is 10.2. The highest BCUT2D eigenvalue weighted by Crippen LogP contribution is 2.43. The lowest BCUT2D eigenvalue weighted by Crippen LogP contribution is -2.35. The normalized spacial score (nSPS) is 16.8. The van der Waals surface area contributed by atoms with Crippen LogP contribution in [0, 0.1) is 0 Å². The lowest BCUT2D eigenvalue weighted by atomic mass is 9.86. The molecule has 0 saturated heterocycles. The van der Waals surface area contributed by atoms with E-state index in [0.717, 1.165) is 15.7 Å². The first-order chi connectivity index (χ1) is 9.00. The van der Waals surface area contributed by atoms with Gasteiger partial charge in [-0.25, -0.2) is 0 Å². The second kappa shape index (κ2) is 4.46. The summed E-state index contributed by atoms with van der Waals surface area (Å²) in [6.07, 6.45) is 0. The average Bonchev–Trinajstić information content (AvgIpc) is 2.92. The highest BCUT2D eigenvalue weighted by molar-refractivity contribution is 9.10. The number of carbonyl (C=O) groups excluding carboxylic acids is 1. The summed E-state index contributed by atoms with van der Waals surface area (Å²) in [7, 11) is 0. The smallest absolute Gasteiger partial charge is 0.237 e. The Kier molecular flexibility index (Phi) is 3.02. The van der Waals surface area contributed by atoms with Gasteiger partial charge in [-0.05, 0) is 43.0 Å². The van der Waals surface area contributed by atoms with Crippen LogP contribution in [0.1, 0.15) is 24.3 Å². The van der Waals surface area contributed by atoms with E-state index in [1.165, 1.54) is 4.88 Å². The van der Waals surface area contributed by atoms with Crippen LogP contribution in [0.5, 0.6) is 0 Å². The number of halogens is 1. The summed E-state index contributed by atoms with van der Waals surface area (Å²) < 4.78 is 1.01. The molecule has 1 aromatic carbocycles. The van der Waals surface area contributed by atoms with Crippen molar-refractivity contribution in [3.8, 4) is 0 Å². The molecule has 2 aromatic rings. The van der Waals surface area contributed by atoms with Gasteiger partial charge in [-0.1, -0.05) is 28.1 Å². The Hall–Kier alpha value is -1.13. The fourth-order valence-corrected chi connectivity index (χ4v) is 3.58. The molecule has 1 aromatic heterocycles. The van der Waals surface area contributed by atoms with Gasteiger partial charge in [0.25, 0.3) is 0 Å². The molecule has 1 aliphatic heterocycles. The molecule has 1 aliphatic rings. The van der Waals surface area contributed by atoms with Crippen molar-refractivity contribution in [2.24, 2.45) is 0 Å². The largest absolute Gasteiger partial charge is 0.306 e. The molecule has 98 valence electrons. The van der Waals surface area contributed by atoms with Crippen molar-refractivity contribution in [1.29, 1.82) is 0 Å². The van der Waals surface area contributed by atoms with E-state index in [1.54, 1.807) is 11.3 Å². The number of anilines is 1. The third-order valence-electron chi connectivity index (χ3n) is 3.60. The third kappa shape index (κ3) is 2.03. The van der Waals surface area contributed by atoms with Crippen molar-refractivity contribution in [2.45, 2.75) is 25.8 Å². The molecule has 0 atom stereocenters. The molecule has 0 spiro atoms. The average molecular weight is 336 g/mol. The predicted octanol–water partition coefficient (Wildman–Crippen LogP) is 4.34. The van der Waals surface area contributed by atoms with Crippen LogP contribution in [0.3, 0.4) is 0 Å². The summed E-state index contributed by atoms with van der Waals surface area (Å²) >= 11 is 5.18. The van der Waals surface area contributed by atoms with Crippen molar-refractivity contribution >= 4 is 38.9 Å². The van der Waals surface area contributed by atoms with Crippen molar-refractivity contribution in [3.05, 3.63) is 50.6 Å². The molecule has 1 amide bonds. The van der Waals surface area contributed by atoms with Crippen LogP contribution in [-0.4, -0.2) is 5.91 Å². The Balaban J connectivity index is 2.07. The van der Waals surface area contributed by atoms with E-state index in [1.807, 2.05) is 48.4 Å². The van der Waals surface area contributed by atoms with E-state index in [2.05, 4.69) is 22.0 Å². The Morgan fingerprint density at radius 1 is 1.32 bits per heavy atom. The van der Waals surface area contributed by atoms with Crippen molar-refractivity contribution in [3.63, 3.8) is 0 Å². The molecule has 0 bridgehead atoms. The molecule has 0 aliphatic carbocycles. The van der Waals surface area contributed by atoms with Crippen LogP contribution < -0.4 is 4.90 Å². The van der Waals surface area contributed by atoms with Gasteiger partial charge in [-0.2, -0.15) is 0 Å². The molecule has 0 radical (unpaired) electrons. The Morgan fingerprint density at radius 3 is 2.79 bits per heavy atom. The van der Waals surface area contributed by atoms with E-state index >= 15 is 0 Å². The van der Waals surface area contributed by atoms with Gasteiger partial charge in [-0.15, -0.1) is 11.3 Å². The second-order valence-corrected chi connectivity index (χ2v) is 7.21. The molecule has 2 heterocycles. The zero-order valence-electron chi connectivity index (χ0n) is 10.8. The van der Waals surface area contributed by atoms with Crippen molar-refractivity contribution in [2.75, 3.05) is 4.90 Å². The molecule has 4 heteroatoms. The molecule has 0 saturated carbocycles.